The lowest BCUT2D eigenvalue weighted by molar-refractivity contribution is 0.286. The molecule has 1 nitrogen and oxygen atoms in total. The lowest BCUT2D eigenvalue weighted by Gasteiger charge is -2.05. The highest BCUT2D eigenvalue weighted by Crippen LogP contribution is 2.41. The van der Waals surface area contributed by atoms with Gasteiger partial charge in [-0.3, -0.25) is 0 Å². The second kappa shape index (κ2) is 5.16. The van der Waals surface area contributed by atoms with E-state index in [0.717, 1.165) is 25.7 Å². The Kier molecular flexibility index (Phi) is 3.52. The predicted molar refractivity (Wildman–Crippen MR) is 85.4 cm³/mol. The molecular weight excluding hydrogens is 344 g/mol. The monoisotopic (exact) mass is 352 g/mol. The molecule has 1 aliphatic rings. The number of rotatable bonds is 2. The van der Waals surface area contributed by atoms with Crippen LogP contribution in [0, 0.1) is 0 Å². The Hall–Kier alpha value is -1.03. The first-order valence-electron chi connectivity index (χ1n) is 5.72. The van der Waals surface area contributed by atoms with Gasteiger partial charge in [-0.15, -0.1) is 11.3 Å². The molecule has 1 aliphatic heterocycles. The Balaban J connectivity index is 2.13. The number of allylic oxidation sites excluding steroid dienone is 1. The number of hydrogen-bond donors (Lipinski definition) is 0. The fourth-order valence-electron chi connectivity index (χ4n) is 2.09. The standard InChI is InChI=1S/C15H10BrClOS/c1-9-15(10-2-4-11(17)5-3-10)12(8-18-9)13-6-7-14(16)19-13/h2-7H,1,8H2. The Bertz CT molecular complexity index is 670. The molecule has 0 amide bonds. The fourth-order valence-corrected chi connectivity index (χ4v) is 3.64. The zero-order valence-corrected chi connectivity index (χ0v) is 13.1. The number of benzene rings is 1. The van der Waals surface area contributed by atoms with Crippen molar-refractivity contribution in [3.8, 4) is 0 Å². The highest BCUT2D eigenvalue weighted by Gasteiger charge is 2.23. The molecule has 19 heavy (non-hydrogen) atoms. The van der Waals surface area contributed by atoms with Crippen molar-refractivity contribution in [1.82, 2.24) is 0 Å². The second-order valence-corrected chi connectivity index (χ2v) is 7.08. The number of ether oxygens (including phenoxy) is 1. The second-order valence-electron chi connectivity index (χ2n) is 4.18. The smallest absolute Gasteiger partial charge is 0.120 e. The molecule has 0 spiro atoms. The van der Waals surface area contributed by atoms with Gasteiger partial charge in [0.05, 0.1) is 3.79 Å². The molecule has 0 bridgehead atoms. The van der Waals surface area contributed by atoms with Crippen molar-refractivity contribution in [3.05, 3.63) is 68.0 Å². The summed E-state index contributed by atoms with van der Waals surface area (Å²) in [6.45, 7) is 4.57. The van der Waals surface area contributed by atoms with Crippen LogP contribution in [0.1, 0.15) is 10.4 Å². The van der Waals surface area contributed by atoms with Crippen LogP contribution >= 0.6 is 38.9 Å². The van der Waals surface area contributed by atoms with Crippen LogP contribution < -0.4 is 0 Å². The van der Waals surface area contributed by atoms with E-state index in [1.165, 1.54) is 10.5 Å². The van der Waals surface area contributed by atoms with E-state index in [9.17, 15) is 0 Å². The summed E-state index contributed by atoms with van der Waals surface area (Å²) in [6, 6.07) is 11.9. The molecular formula is C15H10BrClOS. The molecule has 96 valence electrons. The van der Waals surface area contributed by atoms with Crippen LogP contribution in [0.25, 0.3) is 11.1 Å². The van der Waals surface area contributed by atoms with E-state index < -0.39 is 0 Å². The van der Waals surface area contributed by atoms with Crippen LogP contribution in [0.2, 0.25) is 5.02 Å². The first kappa shape index (κ1) is 13.0. The highest BCUT2D eigenvalue weighted by molar-refractivity contribution is 9.11. The lowest BCUT2D eigenvalue weighted by atomic mass is 10.00. The van der Waals surface area contributed by atoms with Gasteiger partial charge in [0.2, 0.25) is 0 Å². The average molecular weight is 354 g/mol. The molecule has 0 aliphatic carbocycles. The minimum Gasteiger partial charge on any atom is -0.489 e. The summed E-state index contributed by atoms with van der Waals surface area (Å²) in [5.41, 5.74) is 3.35. The largest absolute Gasteiger partial charge is 0.489 e. The SMILES string of the molecule is C=C1OCC(c2ccc(Br)s2)=C1c1ccc(Cl)cc1. The Morgan fingerprint density at radius 2 is 1.89 bits per heavy atom. The third-order valence-electron chi connectivity index (χ3n) is 2.97. The van der Waals surface area contributed by atoms with Gasteiger partial charge in [0, 0.05) is 21.0 Å². The first-order chi connectivity index (χ1) is 9.15. The maximum absolute atomic E-state index is 5.94. The molecule has 3 rings (SSSR count). The van der Waals surface area contributed by atoms with Crippen LogP contribution in [-0.4, -0.2) is 6.61 Å². The summed E-state index contributed by atoms with van der Waals surface area (Å²) in [7, 11) is 0. The minimum atomic E-state index is 0.573. The quantitative estimate of drug-likeness (QED) is 0.681. The van der Waals surface area contributed by atoms with Crippen molar-refractivity contribution in [2.45, 2.75) is 0 Å². The predicted octanol–water partition coefficient (Wildman–Crippen LogP) is 5.62. The van der Waals surface area contributed by atoms with Crippen molar-refractivity contribution in [2.24, 2.45) is 0 Å². The molecule has 0 saturated carbocycles. The summed E-state index contributed by atoms with van der Waals surface area (Å²) in [4.78, 5) is 1.20. The number of thiophene rings is 1. The van der Waals surface area contributed by atoms with Crippen molar-refractivity contribution in [1.29, 1.82) is 0 Å². The van der Waals surface area contributed by atoms with E-state index in [-0.39, 0.29) is 0 Å². The van der Waals surface area contributed by atoms with Crippen LogP contribution in [0.4, 0.5) is 0 Å². The zero-order valence-electron chi connectivity index (χ0n) is 9.95. The van der Waals surface area contributed by atoms with Gasteiger partial charge in [-0.05, 0) is 45.8 Å². The maximum atomic E-state index is 5.94. The van der Waals surface area contributed by atoms with Gasteiger partial charge in [0.15, 0.2) is 0 Å². The molecule has 0 unspecified atom stereocenters. The third-order valence-corrected chi connectivity index (χ3v) is 4.91. The summed E-state index contributed by atoms with van der Waals surface area (Å²) in [6.07, 6.45) is 0. The molecule has 0 saturated heterocycles. The summed E-state index contributed by atoms with van der Waals surface area (Å²) < 4.78 is 6.73. The van der Waals surface area contributed by atoms with E-state index in [1.54, 1.807) is 11.3 Å². The Morgan fingerprint density at radius 3 is 2.53 bits per heavy atom. The molecule has 4 heteroatoms. The first-order valence-corrected chi connectivity index (χ1v) is 7.71. The molecule has 0 radical (unpaired) electrons. The fraction of sp³-hybridized carbons (Fsp3) is 0.0667. The number of halogens is 2. The summed E-state index contributed by atoms with van der Waals surface area (Å²) in [5.74, 6) is 0.724. The van der Waals surface area contributed by atoms with Crippen LogP contribution in [0.3, 0.4) is 0 Å². The van der Waals surface area contributed by atoms with E-state index in [4.69, 9.17) is 16.3 Å². The van der Waals surface area contributed by atoms with Crippen molar-refractivity contribution < 1.29 is 4.74 Å². The topological polar surface area (TPSA) is 9.23 Å². The summed E-state index contributed by atoms with van der Waals surface area (Å²) >= 11 is 11.1. The van der Waals surface area contributed by atoms with E-state index in [2.05, 4.69) is 28.6 Å². The van der Waals surface area contributed by atoms with Crippen LogP contribution in [0.15, 0.2) is 52.5 Å². The van der Waals surface area contributed by atoms with E-state index in [0.29, 0.717) is 6.61 Å². The van der Waals surface area contributed by atoms with Gasteiger partial charge < -0.3 is 4.74 Å². The number of hydrogen-bond acceptors (Lipinski definition) is 2. The molecule has 1 aromatic carbocycles. The van der Waals surface area contributed by atoms with Crippen molar-refractivity contribution in [3.63, 3.8) is 0 Å². The molecule has 0 N–H and O–H groups in total. The molecule has 0 fully saturated rings. The van der Waals surface area contributed by atoms with Gasteiger partial charge in [-0.2, -0.15) is 0 Å². The van der Waals surface area contributed by atoms with Gasteiger partial charge in [-0.1, -0.05) is 30.3 Å². The maximum Gasteiger partial charge on any atom is 0.120 e. The van der Waals surface area contributed by atoms with Crippen molar-refractivity contribution in [2.75, 3.05) is 6.61 Å². The van der Waals surface area contributed by atoms with Crippen molar-refractivity contribution >= 4 is 50.0 Å². The van der Waals surface area contributed by atoms with E-state index in [1.807, 2.05) is 30.3 Å². The lowest BCUT2D eigenvalue weighted by Crippen LogP contribution is -1.86. The van der Waals surface area contributed by atoms with Gasteiger partial charge in [0.1, 0.15) is 12.4 Å². The van der Waals surface area contributed by atoms with Crippen LogP contribution in [-0.2, 0) is 4.74 Å². The third kappa shape index (κ3) is 2.50. The van der Waals surface area contributed by atoms with Gasteiger partial charge in [0.25, 0.3) is 0 Å². The normalized spacial score (nSPS) is 14.9. The van der Waals surface area contributed by atoms with Gasteiger partial charge >= 0.3 is 0 Å². The summed E-state index contributed by atoms with van der Waals surface area (Å²) in [5, 5.41) is 0.731. The minimum absolute atomic E-state index is 0.573. The van der Waals surface area contributed by atoms with E-state index >= 15 is 0 Å². The molecule has 2 heterocycles. The molecule has 2 aromatic rings. The molecule has 0 atom stereocenters. The molecule has 1 aromatic heterocycles. The Morgan fingerprint density at radius 1 is 1.16 bits per heavy atom. The van der Waals surface area contributed by atoms with Gasteiger partial charge in [-0.25, -0.2) is 0 Å². The highest BCUT2D eigenvalue weighted by atomic mass is 79.9. The Labute approximate surface area is 129 Å². The zero-order chi connectivity index (χ0) is 13.4. The average Bonchev–Trinajstić information content (AvgIpc) is 2.97. The van der Waals surface area contributed by atoms with Crippen LogP contribution in [0.5, 0.6) is 0 Å².